The lowest BCUT2D eigenvalue weighted by molar-refractivity contribution is 0.205. The van der Waals surface area contributed by atoms with Gasteiger partial charge in [-0.3, -0.25) is 4.90 Å². The average molecular weight is 368 g/mol. The Labute approximate surface area is 166 Å². The minimum Gasteiger partial charge on any atom is -0.341 e. The standard InChI is InChI=1S/C24H37N3/c1-8-9-24(10-17(2)3)27-15-20(6)22(16-27)14-25-21(7)26-23-12-18(4)11-19(5)13-23/h11-14,17,24,26H,7-10,15-16H2,1-6H3/b25-14-/t24-/m1/s1. The zero-order valence-corrected chi connectivity index (χ0v) is 18.1. The van der Waals surface area contributed by atoms with Crippen molar-refractivity contribution in [3.05, 3.63) is 52.9 Å². The molecule has 0 amide bonds. The van der Waals surface area contributed by atoms with Crippen LogP contribution in [0.4, 0.5) is 5.69 Å². The first-order valence-electron chi connectivity index (χ1n) is 10.3. The quantitative estimate of drug-likeness (QED) is 0.534. The first kappa shape index (κ1) is 21.4. The Morgan fingerprint density at radius 3 is 2.44 bits per heavy atom. The van der Waals surface area contributed by atoms with Crippen LogP contribution in [0.15, 0.2) is 46.7 Å². The van der Waals surface area contributed by atoms with Gasteiger partial charge >= 0.3 is 0 Å². The molecule has 1 aromatic rings. The maximum Gasteiger partial charge on any atom is 0.123 e. The monoisotopic (exact) mass is 367 g/mol. The molecular weight excluding hydrogens is 330 g/mol. The molecule has 0 saturated heterocycles. The van der Waals surface area contributed by atoms with Gasteiger partial charge < -0.3 is 5.32 Å². The summed E-state index contributed by atoms with van der Waals surface area (Å²) >= 11 is 0. The van der Waals surface area contributed by atoms with E-state index in [0.29, 0.717) is 11.9 Å². The van der Waals surface area contributed by atoms with Crippen molar-refractivity contribution in [1.82, 2.24) is 4.90 Å². The summed E-state index contributed by atoms with van der Waals surface area (Å²) in [6, 6.07) is 7.09. The van der Waals surface area contributed by atoms with Crippen molar-refractivity contribution < 1.29 is 0 Å². The molecule has 0 aromatic heterocycles. The topological polar surface area (TPSA) is 27.6 Å². The Balaban J connectivity index is 1.97. The molecule has 148 valence electrons. The fraction of sp³-hybridized carbons (Fsp3) is 0.542. The summed E-state index contributed by atoms with van der Waals surface area (Å²) in [5, 5.41) is 3.31. The minimum absolute atomic E-state index is 0.674. The second kappa shape index (κ2) is 9.89. The van der Waals surface area contributed by atoms with Crippen molar-refractivity contribution in [3.8, 4) is 0 Å². The van der Waals surface area contributed by atoms with E-state index in [2.05, 4.69) is 81.5 Å². The number of nitrogens with one attached hydrogen (secondary N) is 1. The molecule has 1 aliphatic heterocycles. The van der Waals surface area contributed by atoms with Crippen LogP contribution in [-0.2, 0) is 0 Å². The van der Waals surface area contributed by atoms with E-state index in [1.807, 2.05) is 6.21 Å². The van der Waals surface area contributed by atoms with E-state index in [1.54, 1.807) is 0 Å². The number of hydrogen-bond acceptors (Lipinski definition) is 3. The van der Waals surface area contributed by atoms with E-state index in [1.165, 1.54) is 41.5 Å². The third kappa shape index (κ3) is 6.66. The Hall–Kier alpha value is -1.87. The molecule has 0 fully saturated rings. The fourth-order valence-electron chi connectivity index (χ4n) is 3.95. The molecule has 1 atom stereocenters. The van der Waals surface area contributed by atoms with E-state index in [-0.39, 0.29) is 0 Å². The smallest absolute Gasteiger partial charge is 0.123 e. The first-order valence-corrected chi connectivity index (χ1v) is 10.3. The number of anilines is 1. The lowest BCUT2D eigenvalue weighted by Crippen LogP contribution is -2.35. The average Bonchev–Trinajstić information content (AvgIpc) is 2.92. The van der Waals surface area contributed by atoms with Gasteiger partial charge in [0, 0.05) is 31.0 Å². The van der Waals surface area contributed by atoms with E-state index < -0.39 is 0 Å². The maximum absolute atomic E-state index is 4.60. The third-order valence-electron chi connectivity index (χ3n) is 5.13. The number of benzene rings is 1. The van der Waals surface area contributed by atoms with Crippen molar-refractivity contribution >= 4 is 11.9 Å². The first-order chi connectivity index (χ1) is 12.8. The summed E-state index contributed by atoms with van der Waals surface area (Å²) in [7, 11) is 0. The van der Waals surface area contributed by atoms with Crippen LogP contribution in [0.25, 0.3) is 0 Å². The lowest BCUT2D eigenvalue weighted by Gasteiger charge is -2.29. The van der Waals surface area contributed by atoms with E-state index >= 15 is 0 Å². The van der Waals surface area contributed by atoms with E-state index in [4.69, 9.17) is 0 Å². The zero-order valence-electron chi connectivity index (χ0n) is 18.1. The molecule has 1 N–H and O–H groups in total. The molecule has 0 bridgehead atoms. The molecule has 3 heteroatoms. The van der Waals surface area contributed by atoms with Crippen LogP contribution in [0.2, 0.25) is 0 Å². The molecule has 27 heavy (non-hydrogen) atoms. The van der Waals surface area contributed by atoms with Crippen LogP contribution in [-0.4, -0.2) is 30.2 Å². The number of nitrogens with zero attached hydrogens (tertiary/aromatic N) is 2. The van der Waals surface area contributed by atoms with Gasteiger partial charge in [-0.05, 0) is 68.4 Å². The third-order valence-corrected chi connectivity index (χ3v) is 5.13. The largest absolute Gasteiger partial charge is 0.341 e. The molecule has 1 aliphatic rings. The van der Waals surface area contributed by atoms with Gasteiger partial charge in [-0.1, -0.05) is 45.4 Å². The summed E-state index contributed by atoms with van der Waals surface area (Å²) in [6.45, 7) is 19.5. The van der Waals surface area contributed by atoms with Crippen molar-refractivity contribution in [3.63, 3.8) is 0 Å². The van der Waals surface area contributed by atoms with E-state index in [0.717, 1.165) is 24.7 Å². The highest BCUT2D eigenvalue weighted by Crippen LogP contribution is 2.24. The fourth-order valence-corrected chi connectivity index (χ4v) is 3.95. The summed E-state index contributed by atoms with van der Waals surface area (Å²) in [6.07, 6.45) is 5.79. The molecule has 1 heterocycles. The highest BCUT2D eigenvalue weighted by Gasteiger charge is 2.25. The van der Waals surface area contributed by atoms with Crippen LogP contribution in [0.1, 0.15) is 58.1 Å². The van der Waals surface area contributed by atoms with Crippen LogP contribution in [0.5, 0.6) is 0 Å². The van der Waals surface area contributed by atoms with Gasteiger partial charge in [0.15, 0.2) is 0 Å². The lowest BCUT2D eigenvalue weighted by atomic mass is 9.98. The van der Waals surface area contributed by atoms with Crippen molar-refractivity contribution in [2.24, 2.45) is 10.9 Å². The molecular formula is C24H37N3. The van der Waals surface area contributed by atoms with Gasteiger partial charge in [0.25, 0.3) is 0 Å². The number of hydrogen-bond donors (Lipinski definition) is 1. The summed E-state index contributed by atoms with van der Waals surface area (Å²) in [5.74, 6) is 1.42. The summed E-state index contributed by atoms with van der Waals surface area (Å²) < 4.78 is 0. The molecule has 0 unspecified atom stereocenters. The van der Waals surface area contributed by atoms with Gasteiger partial charge in [0.05, 0.1) is 0 Å². The predicted octanol–water partition coefficient (Wildman–Crippen LogP) is 6.10. The summed E-state index contributed by atoms with van der Waals surface area (Å²) in [5.41, 5.74) is 6.30. The van der Waals surface area contributed by atoms with Crippen LogP contribution in [0, 0.1) is 19.8 Å². The number of aliphatic imine (C=N–C) groups is 1. The second-order valence-corrected chi connectivity index (χ2v) is 8.49. The Morgan fingerprint density at radius 1 is 1.19 bits per heavy atom. The van der Waals surface area contributed by atoms with Crippen LogP contribution < -0.4 is 5.32 Å². The van der Waals surface area contributed by atoms with Crippen LogP contribution >= 0.6 is 0 Å². The number of aryl methyl sites for hydroxylation is 2. The van der Waals surface area contributed by atoms with Crippen LogP contribution in [0.3, 0.4) is 0 Å². The SMILES string of the molecule is C=C(/N=C\C1=C(C)CN([C@H](CCC)CC(C)C)C1)Nc1cc(C)cc(C)c1. The molecule has 1 aromatic carbocycles. The molecule has 2 rings (SSSR count). The Bertz CT molecular complexity index is 692. The summed E-state index contributed by atoms with van der Waals surface area (Å²) in [4.78, 5) is 7.22. The Kier molecular flexibility index (Phi) is 7.85. The van der Waals surface area contributed by atoms with Crippen molar-refractivity contribution in [2.75, 3.05) is 18.4 Å². The maximum atomic E-state index is 4.60. The zero-order chi connectivity index (χ0) is 20.0. The van der Waals surface area contributed by atoms with Crippen molar-refractivity contribution in [2.45, 2.75) is 66.8 Å². The highest BCUT2D eigenvalue weighted by molar-refractivity contribution is 5.82. The highest BCUT2D eigenvalue weighted by atomic mass is 15.2. The van der Waals surface area contributed by atoms with Crippen molar-refractivity contribution in [1.29, 1.82) is 0 Å². The number of rotatable bonds is 9. The molecule has 0 saturated carbocycles. The van der Waals surface area contributed by atoms with Gasteiger partial charge in [-0.15, -0.1) is 0 Å². The Morgan fingerprint density at radius 2 is 1.85 bits per heavy atom. The van der Waals surface area contributed by atoms with Gasteiger partial charge in [0.2, 0.25) is 0 Å². The second-order valence-electron chi connectivity index (χ2n) is 8.49. The normalized spacial score (nSPS) is 16.6. The molecule has 0 radical (unpaired) electrons. The minimum atomic E-state index is 0.674. The predicted molar refractivity (Wildman–Crippen MR) is 120 cm³/mol. The van der Waals surface area contributed by atoms with Gasteiger partial charge in [0.1, 0.15) is 5.82 Å². The molecule has 0 spiro atoms. The van der Waals surface area contributed by atoms with Gasteiger partial charge in [-0.25, -0.2) is 4.99 Å². The molecule has 3 nitrogen and oxygen atoms in total. The molecule has 0 aliphatic carbocycles. The van der Waals surface area contributed by atoms with E-state index in [9.17, 15) is 0 Å². The van der Waals surface area contributed by atoms with Gasteiger partial charge in [-0.2, -0.15) is 0 Å².